The van der Waals surface area contributed by atoms with Gasteiger partial charge < -0.3 is 0 Å². The molecule has 0 bridgehead atoms. The molecule has 0 saturated heterocycles. The number of nitrogens with zero attached hydrogens (tertiary/aromatic N) is 1. The fourth-order valence-corrected chi connectivity index (χ4v) is 4.27. The van der Waals surface area contributed by atoms with E-state index in [4.69, 9.17) is 0 Å². The molecule has 1 heteroatoms. The largest absolute Gasteiger partial charge is 0.216 e. The third-order valence-corrected chi connectivity index (χ3v) is 5.40. The first-order valence-electron chi connectivity index (χ1n) is 8.83. The summed E-state index contributed by atoms with van der Waals surface area (Å²) in [6, 6.07) is 11.2. The molecule has 120 valence electrons. The van der Waals surface area contributed by atoms with E-state index in [0.717, 1.165) is 25.7 Å². The van der Waals surface area contributed by atoms with Gasteiger partial charge >= 0.3 is 0 Å². The van der Waals surface area contributed by atoms with E-state index < -0.39 is 0 Å². The first-order chi connectivity index (χ1) is 11.0. The van der Waals surface area contributed by atoms with Crippen molar-refractivity contribution in [2.24, 2.45) is 0 Å². The van der Waals surface area contributed by atoms with Crippen molar-refractivity contribution in [1.29, 1.82) is 0 Å². The van der Waals surface area contributed by atoms with Gasteiger partial charge in [-0.2, -0.15) is 4.57 Å². The average Bonchev–Trinajstić information content (AvgIpc) is 2.53. The van der Waals surface area contributed by atoms with Crippen LogP contribution in [-0.4, -0.2) is 0 Å². The monoisotopic (exact) mass is 306 g/mol. The van der Waals surface area contributed by atoms with Gasteiger partial charge in [0.25, 0.3) is 0 Å². The first kappa shape index (κ1) is 16.0. The molecule has 1 aromatic carbocycles. The smallest absolute Gasteiger partial charge is 0.188 e. The van der Waals surface area contributed by atoms with Crippen LogP contribution in [-0.2, 0) is 12.0 Å². The maximum atomic E-state index is 4.52. The van der Waals surface area contributed by atoms with Gasteiger partial charge in [0.05, 0.1) is 0 Å². The third-order valence-electron chi connectivity index (χ3n) is 5.40. The zero-order valence-corrected chi connectivity index (χ0v) is 14.9. The predicted molar refractivity (Wildman–Crippen MR) is 97.6 cm³/mol. The Hall–Kier alpha value is -1.89. The quantitative estimate of drug-likeness (QED) is 0.535. The van der Waals surface area contributed by atoms with Crippen LogP contribution in [0.2, 0.25) is 0 Å². The zero-order valence-electron chi connectivity index (χ0n) is 14.9. The van der Waals surface area contributed by atoms with Gasteiger partial charge in [0.1, 0.15) is 0 Å². The number of hydrogen-bond donors (Lipinski definition) is 0. The number of aryl methyl sites for hydroxylation is 2. The molecule has 1 nitrogen and oxygen atoms in total. The maximum absolute atomic E-state index is 4.52. The highest BCUT2D eigenvalue weighted by molar-refractivity contribution is 5.66. The Morgan fingerprint density at radius 3 is 2.65 bits per heavy atom. The lowest BCUT2D eigenvalue weighted by Gasteiger charge is -2.36. The number of rotatable bonds is 4. The molecule has 0 spiro atoms. The summed E-state index contributed by atoms with van der Waals surface area (Å²) in [5, 5.41) is 0. The fourth-order valence-electron chi connectivity index (χ4n) is 4.27. The average molecular weight is 306 g/mol. The molecule has 1 unspecified atom stereocenters. The van der Waals surface area contributed by atoms with Crippen LogP contribution < -0.4 is 4.57 Å². The summed E-state index contributed by atoms with van der Waals surface area (Å²) in [6.07, 6.45) is 6.72. The minimum atomic E-state index is 0.0104. The van der Waals surface area contributed by atoms with Crippen LogP contribution in [0, 0.1) is 13.8 Å². The summed E-state index contributed by atoms with van der Waals surface area (Å²) in [5.74, 6) is 0. The topological polar surface area (TPSA) is 3.88 Å². The minimum absolute atomic E-state index is 0.0104. The fraction of sp³-hybridized carbons (Fsp3) is 0.409. The Balaban J connectivity index is 2.33. The Morgan fingerprint density at radius 1 is 1.22 bits per heavy atom. The number of hydrogen-bond acceptors (Lipinski definition) is 0. The van der Waals surface area contributed by atoms with Crippen molar-refractivity contribution in [1.82, 2.24) is 0 Å². The summed E-state index contributed by atoms with van der Waals surface area (Å²) in [4.78, 5) is 0. The van der Waals surface area contributed by atoms with Crippen molar-refractivity contribution in [3.05, 3.63) is 65.4 Å². The molecule has 2 heterocycles. The van der Waals surface area contributed by atoms with Gasteiger partial charge in [-0.05, 0) is 43.5 Å². The van der Waals surface area contributed by atoms with Gasteiger partial charge in [-0.1, -0.05) is 45.0 Å². The van der Waals surface area contributed by atoms with E-state index in [9.17, 15) is 0 Å². The summed E-state index contributed by atoms with van der Waals surface area (Å²) in [6.45, 7) is 13.5. The van der Waals surface area contributed by atoms with Gasteiger partial charge in [-0.15, -0.1) is 0 Å². The predicted octanol–water partition coefficient (Wildman–Crippen LogP) is 5.28. The SMILES string of the molecule is C=C(CCC)C1(CC)Cc2ccccc2-c2c(C)cc(C)c[n+]21. The Labute approximate surface area is 140 Å². The molecular weight excluding hydrogens is 278 g/mol. The van der Waals surface area contributed by atoms with Crippen LogP contribution in [0.3, 0.4) is 0 Å². The normalized spacial score (nSPS) is 19.1. The molecule has 0 radical (unpaired) electrons. The van der Waals surface area contributed by atoms with Crippen LogP contribution in [0.4, 0.5) is 0 Å². The van der Waals surface area contributed by atoms with Gasteiger partial charge in [0.15, 0.2) is 11.7 Å². The summed E-state index contributed by atoms with van der Waals surface area (Å²) >= 11 is 0. The van der Waals surface area contributed by atoms with Crippen molar-refractivity contribution >= 4 is 0 Å². The maximum Gasteiger partial charge on any atom is 0.216 e. The molecule has 2 aromatic rings. The Bertz CT molecular complexity index is 757. The first-order valence-corrected chi connectivity index (χ1v) is 8.83. The second kappa shape index (κ2) is 5.96. The van der Waals surface area contributed by atoms with E-state index >= 15 is 0 Å². The van der Waals surface area contributed by atoms with Crippen molar-refractivity contribution < 1.29 is 4.57 Å². The van der Waals surface area contributed by atoms with Crippen LogP contribution in [0.1, 0.15) is 49.8 Å². The van der Waals surface area contributed by atoms with Crippen LogP contribution in [0.15, 0.2) is 48.7 Å². The molecule has 3 rings (SSSR count). The van der Waals surface area contributed by atoms with E-state index in [-0.39, 0.29) is 5.54 Å². The number of fused-ring (bicyclic) bond motifs is 3. The van der Waals surface area contributed by atoms with Crippen molar-refractivity contribution in [2.75, 3.05) is 0 Å². The van der Waals surface area contributed by atoms with E-state index in [1.165, 1.54) is 33.5 Å². The van der Waals surface area contributed by atoms with Crippen molar-refractivity contribution in [3.63, 3.8) is 0 Å². The van der Waals surface area contributed by atoms with Gasteiger partial charge in [-0.25, -0.2) is 0 Å². The lowest BCUT2D eigenvalue weighted by Crippen LogP contribution is -2.61. The van der Waals surface area contributed by atoms with E-state index in [1.54, 1.807) is 0 Å². The molecule has 0 saturated carbocycles. The molecule has 0 N–H and O–H groups in total. The molecule has 1 aromatic heterocycles. The molecule has 23 heavy (non-hydrogen) atoms. The molecule has 1 aliphatic heterocycles. The zero-order chi connectivity index (χ0) is 16.6. The highest BCUT2D eigenvalue weighted by atomic mass is 15.1. The van der Waals surface area contributed by atoms with Crippen molar-refractivity contribution in [2.45, 2.75) is 58.9 Å². The molecule has 0 aliphatic carbocycles. The summed E-state index contributed by atoms with van der Waals surface area (Å²) in [5.41, 5.74) is 8.28. The number of benzene rings is 1. The Morgan fingerprint density at radius 2 is 1.96 bits per heavy atom. The lowest BCUT2D eigenvalue weighted by atomic mass is 9.75. The number of pyridine rings is 1. The van der Waals surface area contributed by atoms with E-state index in [1.807, 2.05) is 0 Å². The van der Waals surface area contributed by atoms with Gasteiger partial charge in [-0.3, -0.25) is 0 Å². The molecular formula is C22H28N+. The molecule has 1 atom stereocenters. The second-order valence-electron chi connectivity index (χ2n) is 6.99. The van der Waals surface area contributed by atoms with Crippen molar-refractivity contribution in [3.8, 4) is 11.3 Å². The molecule has 0 amide bonds. The van der Waals surface area contributed by atoms with E-state index in [0.29, 0.717) is 0 Å². The standard InChI is InChI=1S/C22H28N/c1-6-10-18(5)22(7-2)14-19-11-8-9-12-20(19)21-17(4)13-16(3)15-23(21)22/h8-9,11-13,15H,5-7,10,14H2,1-4H3/q+1. The third kappa shape index (κ3) is 2.43. The number of aromatic nitrogens is 1. The highest BCUT2D eigenvalue weighted by Crippen LogP contribution is 2.40. The second-order valence-corrected chi connectivity index (χ2v) is 6.99. The molecule has 1 aliphatic rings. The van der Waals surface area contributed by atoms with Crippen LogP contribution >= 0.6 is 0 Å². The van der Waals surface area contributed by atoms with Crippen LogP contribution in [0.25, 0.3) is 11.3 Å². The van der Waals surface area contributed by atoms with Gasteiger partial charge in [0.2, 0.25) is 5.69 Å². The summed E-state index contributed by atoms with van der Waals surface area (Å²) in [7, 11) is 0. The highest BCUT2D eigenvalue weighted by Gasteiger charge is 2.47. The number of allylic oxidation sites excluding steroid dienone is 1. The minimum Gasteiger partial charge on any atom is -0.188 e. The Kier molecular flexibility index (Phi) is 4.14. The summed E-state index contributed by atoms with van der Waals surface area (Å²) < 4.78 is 2.54. The lowest BCUT2D eigenvalue weighted by molar-refractivity contribution is -0.748. The van der Waals surface area contributed by atoms with Gasteiger partial charge in [0, 0.05) is 29.5 Å². The molecule has 0 fully saturated rings. The van der Waals surface area contributed by atoms with Crippen LogP contribution in [0.5, 0.6) is 0 Å². The van der Waals surface area contributed by atoms with E-state index in [2.05, 4.69) is 75.4 Å².